The standard InChI is InChI=1S/C17H17N3O3/c1-17(2,3)11-5-7-15(21)14(9-11)20-18-12-6-4-10(16(22)23)8-13(12)19-20/h4-9,21H,1-3H3,(H,22,23). The first-order chi connectivity index (χ1) is 10.8. The van der Waals surface area contributed by atoms with Gasteiger partial charge in [0.05, 0.1) is 5.56 Å². The van der Waals surface area contributed by atoms with Crippen LogP contribution in [0.15, 0.2) is 36.4 Å². The third kappa shape index (κ3) is 2.75. The molecule has 0 spiro atoms. The van der Waals surface area contributed by atoms with E-state index in [1.165, 1.54) is 16.9 Å². The van der Waals surface area contributed by atoms with Gasteiger partial charge < -0.3 is 10.2 Å². The van der Waals surface area contributed by atoms with Crippen molar-refractivity contribution in [2.75, 3.05) is 0 Å². The first kappa shape index (κ1) is 15.0. The molecular weight excluding hydrogens is 294 g/mol. The van der Waals surface area contributed by atoms with E-state index in [9.17, 15) is 9.90 Å². The number of carboxylic acids is 1. The van der Waals surface area contributed by atoms with E-state index in [-0.39, 0.29) is 16.7 Å². The monoisotopic (exact) mass is 311 g/mol. The largest absolute Gasteiger partial charge is 0.506 e. The van der Waals surface area contributed by atoms with Crippen LogP contribution >= 0.6 is 0 Å². The Kier molecular flexibility index (Phi) is 3.32. The summed E-state index contributed by atoms with van der Waals surface area (Å²) in [5.41, 5.74) is 2.60. The number of hydrogen-bond acceptors (Lipinski definition) is 4. The van der Waals surface area contributed by atoms with Gasteiger partial charge in [-0.2, -0.15) is 0 Å². The van der Waals surface area contributed by atoms with Crippen molar-refractivity contribution < 1.29 is 15.0 Å². The minimum atomic E-state index is -1.01. The highest BCUT2D eigenvalue weighted by atomic mass is 16.4. The van der Waals surface area contributed by atoms with Crippen LogP contribution in [0.2, 0.25) is 0 Å². The number of phenolic OH excluding ortho intramolecular Hbond substituents is 1. The number of rotatable bonds is 2. The topological polar surface area (TPSA) is 88.2 Å². The summed E-state index contributed by atoms with van der Waals surface area (Å²) in [5.74, 6) is -0.948. The number of benzene rings is 2. The Morgan fingerprint density at radius 1 is 1.04 bits per heavy atom. The van der Waals surface area contributed by atoms with Crippen LogP contribution in [-0.2, 0) is 5.41 Å². The highest BCUT2D eigenvalue weighted by Gasteiger charge is 2.17. The molecule has 0 amide bonds. The number of aromatic nitrogens is 3. The zero-order valence-electron chi connectivity index (χ0n) is 13.1. The quantitative estimate of drug-likeness (QED) is 0.759. The lowest BCUT2D eigenvalue weighted by Crippen LogP contribution is -2.12. The fraction of sp³-hybridized carbons (Fsp3) is 0.235. The molecule has 0 unspecified atom stereocenters. The highest BCUT2D eigenvalue weighted by molar-refractivity contribution is 5.92. The lowest BCUT2D eigenvalue weighted by molar-refractivity contribution is 0.0697. The van der Waals surface area contributed by atoms with Gasteiger partial charge in [0.1, 0.15) is 22.5 Å². The molecular formula is C17H17N3O3. The first-order valence-corrected chi connectivity index (χ1v) is 7.20. The van der Waals surface area contributed by atoms with Crippen molar-refractivity contribution in [1.82, 2.24) is 15.0 Å². The maximum atomic E-state index is 11.0. The van der Waals surface area contributed by atoms with Gasteiger partial charge in [-0.05, 0) is 41.3 Å². The molecule has 0 aliphatic heterocycles. The van der Waals surface area contributed by atoms with Crippen LogP contribution in [0, 0.1) is 0 Å². The van der Waals surface area contributed by atoms with Gasteiger partial charge in [-0.3, -0.25) is 0 Å². The number of hydrogen-bond donors (Lipinski definition) is 2. The predicted octanol–water partition coefficient (Wildman–Crippen LogP) is 3.12. The Bertz CT molecular complexity index is 907. The Morgan fingerprint density at radius 2 is 1.74 bits per heavy atom. The molecule has 6 nitrogen and oxygen atoms in total. The molecule has 1 heterocycles. The lowest BCUT2D eigenvalue weighted by Gasteiger charge is -2.19. The fourth-order valence-electron chi connectivity index (χ4n) is 2.31. The molecule has 0 fully saturated rings. The second kappa shape index (κ2) is 5.08. The van der Waals surface area contributed by atoms with E-state index in [2.05, 4.69) is 31.0 Å². The van der Waals surface area contributed by atoms with Crippen LogP contribution in [0.1, 0.15) is 36.7 Å². The zero-order valence-corrected chi connectivity index (χ0v) is 13.1. The minimum absolute atomic E-state index is 0.0664. The second-order valence-electron chi connectivity index (χ2n) is 6.45. The van der Waals surface area contributed by atoms with E-state index in [0.717, 1.165) is 5.56 Å². The molecule has 2 N–H and O–H groups in total. The number of carbonyl (C=O) groups is 1. The van der Waals surface area contributed by atoms with Crippen LogP contribution in [0.4, 0.5) is 0 Å². The van der Waals surface area contributed by atoms with E-state index < -0.39 is 5.97 Å². The van der Waals surface area contributed by atoms with Crippen LogP contribution in [0.3, 0.4) is 0 Å². The van der Waals surface area contributed by atoms with Gasteiger partial charge in [0.15, 0.2) is 0 Å². The molecule has 2 aromatic carbocycles. The third-order valence-corrected chi connectivity index (χ3v) is 3.68. The summed E-state index contributed by atoms with van der Waals surface area (Å²) in [7, 11) is 0. The summed E-state index contributed by atoms with van der Waals surface area (Å²) in [6.45, 7) is 6.24. The van der Waals surface area contributed by atoms with Gasteiger partial charge in [-0.15, -0.1) is 15.0 Å². The molecule has 0 radical (unpaired) electrons. The van der Waals surface area contributed by atoms with Gasteiger partial charge in [0.2, 0.25) is 0 Å². The third-order valence-electron chi connectivity index (χ3n) is 3.68. The molecule has 0 atom stereocenters. The lowest BCUT2D eigenvalue weighted by atomic mass is 9.87. The van der Waals surface area contributed by atoms with E-state index in [1.54, 1.807) is 12.1 Å². The maximum Gasteiger partial charge on any atom is 0.335 e. The van der Waals surface area contributed by atoms with Crippen LogP contribution in [-0.4, -0.2) is 31.2 Å². The summed E-state index contributed by atoms with van der Waals surface area (Å²) in [4.78, 5) is 12.4. The molecule has 0 saturated heterocycles. The molecule has 3 aromatic rings. The number of fused-ring (bicyclic) bond motifs is 1. The van der Waals surface area contributed by atoms with Crippen molar-refractivity contribution in [3.8, 4) is 11.4 Å². The maximum absolute atomic E-state index is 11.0. The number of aromatic carboxylic acids is 1. The summed E-state index contributed by atoms with van der Waals surface area (Å²) in [6.07, 6.45) is 0. The van der Waals surface area contributed by atoms with Crippen LogP contribution in [0.5, 0.6) is 5.75 Å². The normalized spacial score (nSPS) is 11.8. The van der Waals surface area contributed by atoms with Gasteiger partial charge in [0, 0.05) is 0 Å². The van der Waals surface area contributed by atoms with E-state index in [1.807, 2.05) is 12.1 Å². The predicted molar refractivity (Wildman–Crippen MR) is 86.2 cm³/mol. The number of carboxylic acid groups (broad SMARTS) is 1. The second-order valence-corrected chi connectivity index (χ2v) is 6.45. The first-order valence-electron chi connectivity index (χ1n) is 7.20. The highest BCUT2D eigenvalue weighted by Crippen LogP contribution is 2.29. The summed E-state index contributed by atoms with van der Waals surface area (Å²) in [6, 6.07) is 9.87. The SMILES string of the molecule is CC(C)(C)c1ccc(O)c(-n2nc3ccc(C(=O)O)cc3n2)c1. The summed E-state index contributed by atoms with van der Waals surface area (Å²) >= 11 is 0. The van der Waals surface area contributed by atoms with Gasteiger partial charge in [0.25, 0.3) is 0 Å². The van der Waals surface area contributed by atoms with Crippen molar-refractivity contribution in [2.45, 2.75) is 26.2 Å². The molecule has 0 bridgehead atoms. The van der Waals surface area contributed by atoms with E-state index in [0.29, 0.717) is 16.7 Å². The van der Waals surface area contributed by atoms with Crippen LogP contribution in [0.25, 0.3) is 16.7 Å². The molecule has 3 rings (SSSR count). The Morgan fingerprint density at radius 3 is 2.39 bits per heavy atom. The smallest absolute Gasteiger partial charge is 0.335 e. The molecule has 118 valence electrons. The molecule has 6 heteroatoms. The van der Waals surface area contributed by atoms with Crippen molar-refractivity contribution in [3.63, 3.8) is 0 Å². The van der Waals surface area contributed by atoms with Crippen molar-refractivity contribution >= 4 is 17.0 Å². The average Bonchev–Trinajstić information content (AvgIpc) is 2.88. The van der Waals surface area contributed by atoms with Crippen molar-refractivity contribution in [3.05, 3.63) is 47.5 Å². The summed E-state index contributed by atoms with van der Waals surface area (Å²) < 4.78 is 0. The average molecular weight is 311 g/mol. The Hall–Kier alpha value is -2.89. The fourth-order valence-corrected chi connectivity index (χ4v) is 2.31. The molecule has 23 heavy (non-hydrogen) atoms. The minimum Gasteiger partial charge on any atom is -0.506 e. The number of aromatic hydroxyl groups is 1. The van der Waals surface area contributed by atoms with Gasteiger partial charge in [-0.25, -0.2) is 4.79 Å². The Balaban J connectivity index is 2.15. The summed E-state index contributed by atoms with van der Waals surface area (Å²) in [5, 5.41) is 27.8. The Labute approximate surface area is 133 Å². The number of nitrogens with zero attached hydrogens (tertiary/aromatic N) is 3. The van der Waals surface area contributed by atoms with Crippen molar-refractivity contribution in [2.24, 2.45) is 0 Å². The zero-order chi connectivity index (χ0) is 16.8. The molecule has 1 aromatic heterocycles. The molecule has 0 saturated carbocycles. The van der Waals surface area contributed by atoms with Crippen molar-refractivity contribution in [1.29, 1.82) is 0 Å². The molecule has 0 aliphatic rings. The number of phenols is 1. The van der Waals surface area contributed by atoms with E-state index in [4.69, 9.17) is 5.11 Å². The molecule has 0 aliphatic carbocycles. The van der Waals surface area contributed by atoms with E-state index >= 15 is 0 Å². The van der Waals surface area contributed by atoms with Crippen LogP contribution < -0.4 is 0 Å². The van der Waals surface area contributed by atoms with Gasteiger partial charge in [-0.1, -0.05) is 26.8 Å². The van der Waals surface area contributed by atoms with Gasteiger partial charge >= 0.3 is 5.97 Å².